The van der Waals surface area contributed by atoms with E-state index >= 15 is 0 Å². The Bertz CT molecular complexity index is 811. The fourth-order valence-electron chi connectivity index (χ4n) is 2.24. The molecule has 0 aliphatic heterocycles. The Hall–Kier alpha value is -2.69. The second kappa shape index (κ2) is 5.36. The van der Waals surface area contributed by atoms with Crippen LogP contribution in [0.15, 0.2) is 48.7 Å². The van der Waals surface area contributed by atoms with Crippen LogP contribution in [-0.2, 0) is 11.2 Å². The van der Waals surface area contributed by atoms with Gasteiger partial charge in [0.2, 0.25) is 5.91 Å². The Morgan fingerprint density at radius 1 is 1.14 bits per heavy atom. The number of carbonyl (C=O) groups excluding carboxylic acids is 1. The number of para-hydroxylation sites is 1. The number of aromatic amines is 1. The number of aromatic nitrogens is 1. The van der Waals surface area contributed by atoms with Crippen molar-refractivity contribution in [2.45, 2.75) is 6.42 Å². The molecule has 1 heterocycles. The number of amides is 1. The summed E-state index contributed by atoms with van der Waals surface area (Å²) < 4.78 is 26.5. The third-order valence-electron chi connectivity index (χ3n) is 3.23. The van der Waals surface area contributed by atoms with Crippen molar-refractivity contribution >= 4 is 22.5 Å². The molecule has 0 radical (unpaired) electrons. The normalized spacial score (nSPS) is 10.8. The highest BCUT2D eigenvalue weighted by atomic mass is 19.1. The van der Waals surface area contributed by atoms with Gasteiger partial charge >= 0.3 is 0 Å². The first-order valence-electron chi connectivity index (χ1n) is 6.43. The van der Waals surface area contributed by atoms with Crippen LogP contribution < -0.4 is 5.32 Å². The van der Waals surface area contributed by atoms with Gasteiger partial charge in [0.15, 0.2) is 0 Å². The third-order valence-corrected chi connectivity index (χ3v) is 3.23. The van der Waals surface area contributed by atoms with Gasteiger partial charge in [0.25, 0.3) is 0 Å². The van der Waals surface area contributed by atoms with Gasteiger partial charge in [-0.05, 0) is 23.8 Å². The SMILES string of the molecule is O=C(Cc1c[nH]c2ccccc12)Nc1cc(F)ccc1F. The predicted octanol–water partition coefficient (Wildman–Crippen LogP) is 3.63. The molecule has 2 N–H and O–H groups in total. The molecular weight excluding hydrogens is 274 g/mol. The summed E-state index contributed by atoms with van der Waals surface area (Å²) >= 11 is 0. The predicted molar refractivity (Wildman–Crippen MR) is 77.0 cm³/mol. The minimum absolute atomic E-state index is 0.0833. The number of H-pyrrole nitrogens is 1. The number of halogens is 2. The van der Waals surface area contributed by atoms with Gasteiger partial charge in [0.1, 0.15) is 11.6 Å². The van der Waals surface area contributed by atoms with Gasteiger partial charge in [-0.1, -0.05) is 18.2 Å². The van der Waals surface area contributed by atoms with Crippen LogP contribution in [0.1, 0.15) is 5.56 Å². The quantitative estimate of drug-likeness (QED) is 0.758. The van der Waals surface area contributed by atoms with Crippen LogP contribution in [0.5, 0.6) is 0 Å². The second-order valence-corrected chi connectivity index (χ2v) is 4.71. The van der Waals surface area contributed by atoms with Crippen molar-refractivity contribution in [2.75, 3.05) is 5.32 Å². The monoisotopic (exact) mass is 286 g/mol. The molecule has 3 nitrogen and oxygen atoms in total. The number of fused-ring (bicyclic) bond motifs is 1. The van der Waals surface area contributed by atoms with E-state index in [4.69, 9.17) is 0 Å². The molecule has 0 aliphatic carbocycles. The van der Waals surface area contributed by atoms with Gasteiger partial charge < -0.3 is 10.3 Å². The summed E-state index contributed by atoms with van der Waals surface area (Å²) in [6.07, 6.45) is 1.83. The molecule has 0 saturated carbocycles. The summed E-state index contributed by atoms with van der Waals surface area (Å²) in [6, 6.07) is 10.5. The number of benzene rings is 2. The van der Waals surface area contributed by atoms with E-state index in [-0.39, 0.29) is 12.1 Å². The molecule has 0 bridgehead atoms. The molecule has 1 aromatic heterocycles. The molecule has 2 aromatic carbocycles. The van der Waals surface area contributed by atoms with Crippen LogP contribution in [0.25, 0.3) is 10.9 Å². The van der Waals surface area contributed by atoms with E-state index in [1.165, 1.54) is 0 Å². The smallest absolute Gasteiger partial charge is 0.228 e. The maximum atomic E-state index is 13.5. The number of rotatable bonds is 3. The molecular formula is C16H12F2N2O. The number of hydrogen-bond donors (Lipinski definition) is 2. The average Bonchev–Trinajstić information content (AvgIpc) is 2.86. The molecule has 106 valence electrons. The Morgan fingerprint density at radius 2 is 1.95 bits per heavy atom. The van der Waals surface area contributed by atoms with Gasteiger partial charge in [-0.15, -0.1) is 0 Å². The van der Waals surface area contributed by atoms with Gasteiger partial charge in [-0.2, -0.15) is 0 Å². The van der Waals surface area contributed by atoms with Crippen molar-refractivity contribution in [2.24, 2.45) is 0 Å². The summed E-state index contributed by atoms with van der Waals surface area (Å²) in [7, 11) is 0. The van der Waals surface area contributed by atoms with Gasteiger partial charge in [0, 0.05) is 23.2 Å². The fourth-order valence-corrected chi connectivity index (χ4v) is 2.24. The molecule has 0 fully saturated rings. The van der Waals surface area contributed by atoms with Crippen LogP contribution >= 0.6 is 0 Å². The van der Waals surface area contributed by atoms with Crippen molar-refractivity contribution in [3.05, 3.63) is 65.9 Å². The molecule has 1 amide bonds. The molecule has 3 rings (SSSR count). The summed E-state index contributed by atoms with van der Waals surface area (Å²) in [6.45, 7) is 0. The lowest BCUT2D eigenvalue weighted by Crippen LogP contribution is -2.15. The highest BCUT2D eigenvalue weighted by Crippen LogP contribution is 2.20. The molecule has 5 heteroatoms. The van der Waals surface area contributed by atoms with Crippen molar-refractivity contribution < 1.29 is 13.6 Å². The van der Waals surface area contributed by atoms with Crippen molar-refractivity contribution in [3.63, 3.8) is 0 Å². The maximum absolute atomic E-state index is 13.5. The van der Waals surface area contributed by atoms with Crippen LogP contribution in [0.4, 0.5) is 14.5 Å². The molecule has 3 aromatic rings. The Morgan fingerprint density at radius 3 is 2.81 bits per heavy atom. The Kier molecular flexibility index (Phi) is 3.39. The van der Waals surface area contributed by atoms with Crippen LogP contribution in [0.3, 0.4) is 0 Å². The third kappa shape index (κ3) is 2.76. The topological polar surface area (TPSA) is 44.9 Å². The largest absolute Gasteiger partial charge is 0.361 e. The van der Waals surface area contributed by atoms with Gasteiger partial charge in [-0.25, -0.2) is 8.78 Å². The summed E-state index contributed by atoms with van der Waals surface area (Å²) in [5.74, 6) is -1.66. The minimum Gasteiger partial charge on any atom is -0.361 e. The summed E-state index contributed by atoms with van der Waals surface area (Å²) in [4.78, 5) is 15.0. The Balaban J connectivity index is 1.79. The van der Waals surface area contributed by atoms with E-state index in [0.717, 1.165) is 34.7 Å². The zero-order valence-corrected chi connectivity index (χ0v) is 11.0. The van der Waals surface area contributed by atoms with E-state index in [2.05, 4.69) is 10.3 Å². The van der Waals surface area contributed by atoms with Gasteiger partial charge in [-0.3, -0.25) is 4.79 Å². The zero-order valence-electron chi connectivity index (χ0n) is 11.0. The number of nitrogens with one attached hydrogen (secondary N) is 2. The van der Waals surface area contributed by atoms with E-state index in [0.29, 0.717) is 0 Å². The van der Waals surface area contributed by atoms with Crippen LogP contribution in [0.2, 0.25) is 0 Å². The number of carbonyl (C=O) groups is 1. The van der Waals surface area contributed by atoms with Gasteiger partial charge in [0.05, 0.1) is 12.1 Å². The molecule has 0 unspecified atom stereocenters. The van der Waals surface area contributed by atoms with Crippen LogP contribution in [-0.4, -0.2) is 10.9 Å². The lowest BCUT2D eigenvalue weighted by atomic mass is 10.1. The standard InChI is InChI=1S/C16H12F2N2O/c17-11-5-6-13(18)15(8-11)20-16(21)7-10-9-19-14-4-2-1-3-12(10)14/h1-6,8-9,19H,7H2,(H,20,21). The zero-order chi connectivity index (χ0) is 14.8. The van der Waals surface area contributed by atoms with E-state index < -0.39 is 17.5 Å². The Labute approximate surface area is 119 Å². The lowest BCUT2D eigenvalue weighted by molar-refractivity contribution is -0.115. The fraction of sp³-hybridized carbons (Fsp3) is 0.0625. The van der Waals surface area contributed by atoms with Crippen molar-refractivity contribution in [1.82, 2.24) is 4.98 Å². The summed E-state index contributed by atoms with van der Waals surface area (Å²) in [5.41, 5.74) is 1.58. The molecule has 0 spiro atoms. The highest BCUT2D eigenvalue weighted by molar-refractivity contribution is 5.95. The second-order valence-electron chi connectivity index (χ2n) is 4.71. The first-order valence-corrected chi connectivity index (χ1v) is 6.43. The van der Waals surface area contributed by atoms with E-state index in [9.17, 15) is 13.6 Å². The first kappa shape index (κ1) is 13.3. The molecule has 0 aliphatic rings. The summed E-state index contributed by atoms with van der Waals surface area (Å²) in [5, 5.41) is 3.32. The van der Waals surface area contributed by atoms with Crippen molar-refractivity contribution in [3.8, 4) is 0 Å². The molecule has 0 saturated heterocycles. The number of hydrogen-bond acceptors (Lipinski definition) is 1. The highest BCUT2D eigenvalue weighted by Gasteiger charge is 2.11. The first-order chi connectivity index (χ1) is 10.1. The molecule has 0 atom stereocenters. The lowest BCUT2D eigenvalue weighted by Gasteiger charge is -2.06. The maximum Gasteiger partial charge on any atom is 0.228 e. The van der Waals surface area contributed by atoms with E-state index in [1.807, 2.05) is 24.3 Å². The average molecular weight is 286 g/mol. The van der Waals surface area contributed by atoms with E-state index in [1.54, 1.807) is 6.20 Å². The molecule has 21 heavy (non-hydrogen) atoms. The van der Waals surface area contributed by atoms with Crippen molar-refractivity contribution in [1.29, 1.82) is 0 Å². The number of anilines is 1. The van der Waals surface area contributed by atoms with Crippen LogP contribution in [0, 0.1) is 11.6 Å². The minimum atomic E-state index is -0.663.